The van der Waals surface area contributed by atoms with Gasteiger partial charge in [-0.3, -0.25) is 9.30 Å². The average molecular weight is 567 g/mol. The first kappa shape index (κ1) is 29.2. The molecule has 218 valence electrons. The number of rotatable bonds is 9. The van der Waals surface area contributed by atoms with Crippen LogP contribution >= 0.6 is 0 Å². The molecule has 42 heavy (non-hydrogen) atoms. The molecule has 0 atom stereocenters. The van der Waals surface area contributed by atoms with E-state index in [1.165, 1.54) is 4.90 Å². The van der Waals surface area contributed by atoms with Crippen LogP contribution in [0, 0.1) is 5.41 Å². The van der Waals surface area contributed by atoms with E-state index < -0.39 is 11.6 Å². The second-order valence-corrected chi connectivity index (χ2v) is 12.5. The van der Waals surface area contributed by atoms with E-state index in [-0.39, 0.29) is 18.6 Å². The molecule has 5 aromatic rings. The Labute approximate surface area is 245 Å². The molecule has 0 aliphatic heterocycles. The molecule has 0 aliphatic rings. The highest BCUT2D eigenvalue weighted by Crippen LogP contribution is 2.35. The Morgan fingerprint density at radius 2 is 1.67 bits per heavy atom. The molecule has 0 bridgehead atoms. The summed E-state index contributed by atoms with van der Waals surface area (Å²) in [6, 6.07) is 22.6. The van der Waals surface area contributed by atoms with Gasteiger partial charge in [-0.2, -0.15) is 0 Å². The Morgan fingerprint density at radius 3 is 2.31 bits per heavy atom. The lowest BCUT2D eigenvalue weighted by Gasteiger charge is -2.32. The number of hydrogen-bond acceptors (Lipinski definition) is 6. The molecule has 0 saturated carbocycles. The number of carbonyl (C=O) groups is 1. The van der Waals surface area contributed by atoms with Crippen LogP contribution in [0.15, 0.2) is 72.9 Å². The maximum Gasteiger partial charge on any atom is 0.408 e. The molecule has 0 spiro atoms. The van der Waals surface area contributed by atoms with Crippen molar-refractivity contribution in [3.05, 3.63) is 84.3 Å². The van der Waals surface area contributed by atoms with Crippen molar-refractivity contribution in [2.24, 2.45) is 5.41 Å². The molecular weight excluding hydrogens is 528 g/mol. The number of nitrogens with one attached hydrogen (secondary N) is 1. The van der Waals surface area contributed by atoms with Crippen molar-refractivity contribution in [2.45, 2.75) is 53.2 Å². The minimum absolute atomic E-state index is 0.112. The van der Waals surface area contributed by atoms with E-state index in [1.807, 2.05) is 69.5 Å². The predicted octanol–water partition coefficient (Wildman–Crippen LogP) is 6.00. The molecule has 0 radical (unpaired) electrons. The molecule has 9 heteroatoms. The molecule has 0 saturated heterocycles. The summed E-state index contributed by atoms with van der Waals surface area (Å²) in [6.45, 7) is 11.3. The van der Waals surface area contributed by atoms with Gasteiger partial charge in [0.15, 0.2) is 11.5 Å². The number of fused-ring (bicyclic) bond motifs is 3. The summed E-state index contributed by atoms with van der Waals surface area (Å²) in [4.78, 5) is 18.4. The Kier molecular flexibility index (Phi) is 7.99. The molecule has 9 nitrogen and oxygen atoms in total. The zero-order chi connectivity index (χ0) is 30.1. The van der Waals surface area contributed by atoms with Gasteiger partial charge >= 0.3 is 6.09 Å². The van der Waals surface area contributed by atoms with E-state index in [0.29, 0.717) is 18.0 Å². The number of pyridine rings is 2. The average Bonchev–Trinajstić information content (AvgIpc) is 3.38. The smallest absolute Gasteiger partial charge is 0.408 e. The summed E-state index contributed by atoms with van der Waals surface area (Å²) < 4.78 is 1.85. The minimum Gasteiger partial charge on any atom is -0.465 e. The fraction of sp³-hybridized carbons (Fsp3) is 0.333. The van der Waals surface area contributed by atoms with Crippen LogP contribution < -0.4 is 5.32 Å². The van der Waals surface area contributed by atoms with Crippen LogP contribution in [-0.2, 0) is 13.1 Å². The van der Waals surface area contributed by atoms with Crippen LogP contribution in [0.1, 0.15) is 46.0 Å². The molecule has 1 amide bonds. The highest BCUT2D eigenvalue weighted by molar-refractivity contribution is 5.98. The minimum atomic E-state index is -1.01. The molecule has 3 N–H and O–H groups in total. The lowest BCUT2D eigenvalue weighted by Crippen LogP contribution is -2.44. The number of aliphatic hydroxyl groups excluding tert-OH is 1. The van der Waals surface area contributed by atoms with E-state index in [2.05, 4.69) is 58.0 Å². The summed E-state index contributed by atoms with van der Waals surface area (Å²) in [5.74, 6) is 0.543. The van der Waals surface area contributed by atoms with E-state index in [4.69, 9.17) is 4.98 Å². The molecule has 2 aromatic carbocycles. The van der Waals surface area contributed by atoms with Gasteiger partial charge in [-0.25, -0.2) is 9.78 Å². The largest absolute Gasteiger partial charge is 0.465 e. The first-order chi connectivity index (χ1) is 20.0. The Morgan fingerprint density at radius 1 is 0.952 bits per heavy atom. The SMILES string of the molecule is CC(C)(CO)CNCc1ccc(-c2nc3ccn4c(CN(C(=O)O)C(C)(C)C)nnc4c3cc2-c2ccccc2)cc1. The Balaban J connectivity index is 1.55. The maximum atomic E-state index is 12.0. The number of nitrogens with zero attached hydrogens (tertiary/aromatic N) is 5. The molecule has 0 unspecified atom stereocenters. The van der Waals surface area contributed by atoms with Crippen molar-refractivity contribution < 1.29 is 15.0 Å². The molecule has 5 rings (SSSR count). The number of aromatic nitrogens is 4. The van der Waals surface area contributed by atoms with Gasteiger partial charge in [0.2, 0.25) is 0 Å². The normalized spacial score (nSPS) is 12.2. The number of hydrogen-bond donors (Lipinski definition) is 3. The number of amides is 1. The monoisotopic (exact) mass is 566 g/mol. The van der Waals surface area contributed by atoms with Crippen molar-refractivity contribution in [1.82, 2.24) is 29.8 Å². The summed E-state index contributed by atoms with van der Waals surface area (Å²) in [6.07, 6.45) is 0.852. The van der Waals surface area contributed by atoms with Crippen LogP contribution in [0.3, 0.4) is 0 Å². The third-order valence-corrected chi connectivity index (χ3v) is 7.45. The standard InChI is InChI=1S/C33H38N6O3/c1-32(2,3)39(31(41)42)19-28-36-37-30-26-17-25(23-9-7-6-8-10-23)29(35-27(26)15-16-38(28)30)24-13-11-22(12-14-24)18-34-20-33(4,5)21-40/h6-17,34,40H,18-21H2,1-5H3,(H,41,42). The van der Waals surface area contributed by atoms with Gasteiger partial charge < -0.3 is 15.5 Å². The number of carboxylic acid groups (broad SMARTS) is 1. The van der Waals surface area contributed by atoms with Crippen molar-refractivity contribution in [2.75, 3.05) is 13.2 Å². The summed E-state index contributed by atoms with van der Waals surface area (Å²) in [5.41, 5.74) is 5.67. The van der Waals surface area contributed by atoms with Gasteiger partial charge in [0.25, 0.3) is 0 Å². The quantitative estimate of drug-likeness (QED) is 0.200. The lowest BCUT2D eigenvalue weighted by atomic mass is 9.95. The summed E-state index contributed by atoms with van der Waals surface area (Å²) in [5, 5.41) is 32.4. The van der Waals surface area contributed by atoms with Crippen LogP contribution in [0.4, 0.5) is 4.79 Å². The first-order valence-electron chi connectivity index (χ1n) is 14.1. The summed E-state index contributed by atoms with van der Waals surface area (Å²) in [7, 11) is 0. The lowest BCUT2D eigenvalue weighted by molar-refractivity contribution is 0.0935. The Bertz CT molecular complexity index is 1710. The highest BCUT2D eigenvalue weighted by atomic mass is 16.4. The van der Waals surface area contributed by atoms with Gasteiger partial charge in [0.1, 0.15) is 0 Å². The van der Waals surface area contributed by atoms with Crippen molar-refractivity contribution in [3.8, 4) is 22.4 Å². The number of benzene rings is 2. The maximum absolute atomic E-state index is 12.0. The zero-order valence-corrected chi connectivity index (χ0v) is 24.8. The highest BCUT2D eigenvalue weighted by Gasteiger charge is 2.28. The molecule has 0 aliphatic carbocycles. The van der Waals surface area contributed by atoms with E-state index >= 15 is 0 Å². The van der Waals surface area contributed by atoms with Crippen LogP contribution in [0.5, 0.6) is 0 Å². The van der Waals surface area contributed by atoms with Gasteiger partial charge in [0.05, 0.1) is 17.8 Å². The van der Waals surface area contributed by atoms with Crippen LogP contribution in [-0.4, -0.2) is 59.5 Å². The van der Waals surface area contributed by atoms with Crippen molar-refractivity contribution in [3.63, 3.8) is 0 Å². The molecule has 0 fully saturated rings. The fourth-order valence-electron chi connectivity index (χ4n) is 4.92. The fourth-order valence-corrected chi connectivity index (χ4v) is 4.92. The predicted molar refractivity (Wildman–Crippen MR) is 165 cm³/mol. The topological polar surface area (TPSA) is 116 Å². The van der Waals surface area contributed by atoms with E-state index in [0.717, 1.165) is 45.4 Å². The molecular formula is C33H38N6O3. The second kappa shape index (κ2) is 11.5. The van der Waals surface area contributed by atoms with Crippen LogP contribution in [0.2, 0.25) is 0 Å². The third-order valence-electron chi connectivity index (χ3n) is 7.45. The zero-order valence-electron chi connectivity index (χ0n) is 24.8. The van der Waals surface area contributed by atoms with Crippen LogP contribution in [0.25, 0.3) is 38.9 Å². The molecule has 3 aromatic heterocycles. The van der Waals surface area contributed by atoms with Crippen molar-refractivity contribution in [1.29, 1.82) is 0 Å². The Hall–Kier alpha value is -4.34. The first-order valence-corrected chi connectivity index (χ1v) is 14.1. The van der Waals surface area contributed by atoms with Gasteiger partial charge in [-0.1, -0.05) is 68.4 Å². The van der Waals surface area contributed by atoms with E-state index in [9.17, 15) is 15.0 Å². The third kappa shape index (κ3) is 6.12. The molecule has 3 heterocycles. The van der Waals surface area contributed by atoms with Gasteiger partial charge in [-0.15, -0.1) is 10.2 Å². The second-order valence-electron chi connectivity index (χ2n) is 12.5. The van der Waals surface area contributed by atoms with Crippen molar-refractivity contribution >= 4 is 22.6 Å². The summed E-state index contributed by atoms with van der Waals surface area (Å²) >= 11 is 0. The number of aliphatic hydroxyl groups is 1. The van der Waals surface area contributed by atoms with E-state index in [1.54, 1.807) is 0 Å². The van der Waals surface area contributed by atoms with Gasteiger partial charge in [-0.05, 0) is 44.0 Å². The van der Waals surface area contributed by atoms with Gasteiger partial charge in [0, 0.05) is 53.4 Å².